The fourth-order valence-electron chi connectivity index (χ4n) is 3.01. The number of anilines is 1. The van der Waals surface area contributed by atoms with Gasteiger partial charge in [0.1, 0.15) is 4.88 Å². The van der Waals surface area contributed by atoms with Crippen LogP contribution in [-0.2, 0) is 0 Å². The number of thiazole rings is 1. The number of carbonyl (C=O) groups excluding carboxylic acids is 1. The lowest BCUT2D eigenvalue weighted by atomic mass is 9.96. The zero-order valence-electron chi connectivity index (χ0n) is 12.0. The van der Waals surface area contributed by atoms with E-state index < -0.39 is 0 Å². The first kappa shape index (κ1) is 14.5. The third-order valence-corrected chi connectivity index (χ3v) is 5.97. The van der Waals surface area contributed by atoms with E-state index in [2.05, 4.69) is 21.7 Å². The summed E-state index contributed by atoms with van der Waals surface area (Å²) >= 11 is 2.98. The van der Waals surface area contributed by atoms with Crippen LogP contribution in [0.5, 0.6) is 0 Å². The number of thiophene rings is 1. The number of nitrogen functional groups attached to an aromatic ring is 1. The van der Waals surface area contributed by atoms with E-state index in [0.717, 1.165) is 0 Å². The highest BCUT2D eigenvalue weighted by Gasteiger charge is 2.29. The van der Waals surface area contributed by atoms with Crippen molar-refractivity contribution in [1.29, 1.82) is 0 Å². The third-order valence-electron chi connectivity index (χ3n) is 4.03. The molecule has 1 aliphatic rings. The molecule has 112 valence electrons. The molecule has 4 nitrogen and oxygen atoms in total. The predicted octanol–water partition coefficient (Wildman–Crippen LogP) is 3.76. The molecular formula is C15H19N3OS2. The molecule has 0 spiro atoms. The molecule has 1 amide bonds. The van der Waals surface area contributed by atoms with Gasteiger partial charge in [0.2, 0.25) is 0 Å². The van der Waals surface area contributed by atoms with Crippen LogP contribution in [0.3, 0.4) is 0 Å². The summed E-state index contributed by atoms with van der Waals surface area (Å²) in [6.45, 7) is 1.83. The van der Waals surface area contributed by atoms with Gasteiger partial charge in [-0.2, -0.15) is 0 Å². The molecule has 3 N–H and O–H groups in total. The molecule has 2 aromatic heterocycles. The molecule has 1 fully saturated rings. The third kappa shape index (κ3) is 3.11. The van der Waals surface area contributed by atoms with Gasteiger partial charge in [-0.15, -0.1) is 11.3 Å². The van der Waals surface area contributed by atoms with Crippen molar-refractivity contribution in [2.75, 3.05) is 5.73 Å². The van der Waals surface area contributed by atoms with E-state index in [4.69, 9.17) is 5.73 Å². The molecule has 0 aromatic carbocycles. The monoisotopic (exact) mass is 321 g/mol. The Morgan fingerprint density at radius 3 is 2.81 bits per heavy atom. The van der Waals surface area contributed by atoms with E-state index in [1.807, 2.05) is 13.0 Å². The van der Waals surface area contributed by atoms with Crippen molar-refractivity contribution in [2.24, 2.45) is 5.92 Å². The van der Waals surface area contributed by atoms with Crippen LogP contribution in [-0.4, -0.2) is 10.9 Å². The first-order chi connectivity index (χ1) is 10.1. The van der Waals surface area contributed by atoms with Crippen molar-refractivity contribution in [2.45, 2.75) is 38.6 Å². The van der Waals surface area contributed by atoms with Crippen molar-refractivity contribution in [3.05, 3.63) is 33.0 Å². The largest absolute Gasteiger partial charge is 0.375 e. The van der Waals surface area contributed by atoms with Gasteiger partial charge in [0.15, 0.2) is 5.13 Å². The van der Waals surface area contributed by atoms with E-state index in [0.29, 0.717) is 21.6 Å². The second-order valence-corrected chi connectivity index (χ2v) is 7.49. The molecule has 0 saturated heterocycles. The van der Waals surface area contributed by atoms with Crippen LogP contribution >= 0.6 is 22.7 Å². The van der Waals surface area contributed by atoms with Gasteiger partial charge in [-0.3, -0.25) is 4.79 Å². The molecule has 0 aliphatic heterocycles. The minimum atomic E-state index is -0.0491. The van der Waals surface area contributed by atoms with Crippen molar-refractivity contribution >= 4 is 33.7 Å². The summed E-state index contributed by atoms with van der Waals surface area (Å²) in [6.07, 6.45) is 4.89. The summed E-state index contributed by atoms with van der Waals surface area (Å²) in [5, 5.41) is 5.74. The number of carbonyl (C=O) groups is 1. The summed E-state index contributed by atoms with van der Waals surface area (Å²) in [5.41, 5.74) is 6.41. The predicted molar refractivity (Wildman–Crippen MR) is 87.7 cm³/mol. The van der Waals surface area contributed by atoms with Crippen molar-refractivity contribution in [3.8, 4) is 0 Å². The number of nitrogens with one attached hydrogen (secondary N) is 1. The fraction of sp³-hybridized carbons (Fsp3) is 0.467. The van der Waals surface area contributed by atoms with E-state index >= 15 is 0 Å². The minimum Gasteiger partial charge on any atom is -0.375 e. The summed E-state index contributed by atoms with van der Waals surface area (Å²) in [6, 6.07) is 4.27. The van der Waals surface area contributed by atoms with Crippen LogP contribution in [0, 0.1) is 12.8 Å². The summed E-state index contributed by atoms with van der Waals surface area (Å²) in [4.78, 5) is 18.6. The van der Waals surface area contributed by atoms with E-state index in [1.165, 1.54) is 41.9 Å². The topological polar surface area (TPSA) is 68.0 Å². The van der Waals surface area contributed by atoms with Crippen LogP contribution in [0.15, 0.2) is 17.5 Å². The molecule has 6 heteroatoms. The van der Waals surface area contributed by atoms with Crippen molar-refractivity contribution < 1.29 is 4.79 Å². The minimum absolute atomic E-state index is 0.0491. The number of hydrogen-bond acceptors (Lipinski definition) is 5. The van der Waals surface area contributed by atoms with Gasteiger partial charge >= 0.3 is 0 Å². The highest BCUT2D eigenvalue weighted by atomic mass is 32.1. The Balaban J connectivity index is 1.81. The number of aryl methyl sites for hydroxylation is 1. The SMILES string of the molecule is Cc1nc(N)sc1C(=O)NC(c1cccs1)C1CCCC1. The molecular weight excluding hydrogens is 302 g/mol. The van der Waals surface area contributed by atoms with E-state index in [9.17, 15) is 4.79 Å². The van der Waals surface area contributed by atoms with Crippen LogP contribution in [0.25, 0.3) is 0 Å². The number of aromatic nitrogens is 1. The summed E-state index contributed by atoms with van der Waals surface area (Å²) < 4.78 is 0. The van der Waals surface area contributed by atoms with Crippen molar-refractivity contribution in [1.82, 2.24) is 10.3 Å². The van der Waals surface area contributed by atoms with Gasteiger partial charge in [-0.25, -0.2) is 4.98 Å². The Morgan fingerprint density at radius 2 is 2.24 bits per heavy atom. The first-order valence-electron chi connectivity index (χ1n) is 7.22. The average molecular weight is 321 g/mol. The molecule has 1 unspecified atom stereocenters. The lowest BCUT2D eigenvalue weighted by Crippen LogP contribution is -2.32. The average Bonchev–Trinajstić information content (AvgIpc) is 3.17. The standard InChI is InChI=1S/C15H19N3OS2/c1-9-13(21-15(16)17-9)14(19)18-12(10-5-2-3-6-10)11-7-4-8-20-11/h4,7-8,10,12H,2-3,5-6H2,1H3,(H2,16,17)(H,18,19). The summed E-state index contributed by atoms with van der Waals surface area (Å²) in [7, 11) is 0. The van der Waals surface area contributed by atoms with Crippen molar-refractivity contribution in [3.63, 3.8) is 0 Å². The Morgan fingerprint density at radius 1 is 1.48 bits per heavy atom. The van der Waals surface area contributed by atoms with Gasteiger partial charge in [0, 0.05) is 4.88 Å². The fourth-order valence-corrected chi connectivity index (χ4v) is 4.62. The molecule has 1 atom stereocenters. The second-order valence-electron chi connectivity index (χ2n) is 5.48. The maximum absolute atomic E-state index is 12.5. The molecule has 2 heterocycles. The van der Waals surface area contributed by atoms with E-state index in [-0.39, 0.29) is 11.9 Å². The Labute approximate surface area is 132 Å². The lowest BCUT2D eigenvalue weighted by Gasteiger charge is -2.23. The van der Waals surface area contributed by atoms with Gasteiger partial charge < -0.3 is 11.1 Å². The van der Waals surface area contributed by atoms with Gasteiger partial charge in [0.05, 0.1) is 11.7 Å². The van der Waals surface area contributed by atoms with Crippen LogP contribution < -0.4 is 11.1 Å². The number of nitrogens with two attached hydrogens (primary N) is 1. The maximum atomic E-state index is 12.5. The Bertz CT molecular complexity index is 615. The quantitative estimate of drug-likeness (QED) is 0.901. The number of amides is 1. The highest BCUT2D eigenvalue weighted by Crippen LogP contribution is 2.37. The van der Waals surface area contributed by atoms with Gasteiger partial charge in [-0.1, -0.05) is 30.2 Å². The normalized spacial score (nSPS) is 17.0. The zero-order chi connectivity index (χ0) is 14.8. The number of nitrogens with zero attached hydrogens (tertiary/aromatic N) is 1. The molecule has 3 rings (SSSR count). The van der Waals surface area contributed by atoms with Gasteiger partial charge in [0.25, 0.3) is 5.91 Å². The van der Waals surface area contributed by atoms with E-state index in [1.54, 1.807) is 11.3 Å². The lowest BCUT2D eigenvalue weighted by molar-refractivity contribution is 0.0926. The molecule has 1 aliphatic carbocycles. The van der Waals surface area contributed by atoms with Crippen LogP contribution in [0.2, 0.25) is 0 Å². The molecule has 2 aromatic rings. The first-order valence-corrected chi connectivity index (χ1v) is 8.92. The molecule has 0 radical (unpaired) electrons. The second kappa shape index (κ2) is 6.15. The summed E-state index contributed by atoms with van der Waals surface area (Å²) in [5.74, 6) is 0.491. The van der Waals surface area contributed by atoms with Gasteiger partial charge in [-0.05, 0) is 37.1 Å². The Kier molecular flexibility index (Phi) is 4.26. The number of hydrogen-bond donors (Lipinski definition) is 2. The Hall–Kier alpha value is -1.40. The molecule has 1 saturated carbocycles. The maximum Gasteiger partial charge on any atom is 0.263 e. The highest BCUT2D eigenvalue weighted by molar-refractivity contribution is 7.17. The van der Waals surface area contributed by atoms with Crippen LogP contribution in [0.4, 0.5) is 5.13 Å². The number of rotatable bonds is 4. The smallest absolute Gasteiger partial charge is 0.263 e. The van der Waals surface area contributed by atoms with Crippen LogP contribution in [0.1, 0.15) is 52.0 Å². The zero-order valence-corrected chi connectivity index (χ0v) is 13.6. The molecule has 0 bridgehead atoms. The molecule has 21 heavy (non-hydrogen) atoms.